The number of hydrogen-bond donors (Lipinski definition) is 1. The van der Waals surface area contributed by atoms with E-state index in [2.05, 4.69) is 20.1 Å². The van der Waals surface area contributed by atoms with Crippen molar-refractivity contribution in [2.24, 2.45) is 12.8 Å². The molecule has 0 radical (unpaired) electrons. The van der Waals surface area contributed by atoms with Crippen LogP contribution in [0.25, 0.3) is 23.1 Å². The minimum atomic E-state index is 0.381. The molecule has 0 atom stereocenters. The molecule has 0 unspecified atom stereocenters. The maximum atomic E-state index is 5.48. The van der Waals surface area contributed by atoms with Crippen LogP contribution in [0.4, 0.5) is 0 Å². The Balaban J connectivity index is 1.90. The van der Waals surface area contributed by atoms with Crippen LogP contribution in [0.2, 0.25) is 0 Å². The first-order valence-electron chi connectivity index (χ1n) is 5.80. The van der Waals surface area contributed by atoms with Crippen LogP contribution in [0.5, 0.6) is 0 Å². The Kier molecular flexibility index (Phi) is 2.84. The van der Waals surface area contributed by atoms with Gasteiger partial charge in [-0.1, -0.05) is 5.16 Å². The molecule has 0 aliphatic carbocycles. The van der Waals surface area contributed by atoms with Gasteiger partial charge in [0, 0.05) is 26.3 Å². The van der Waals surface area contributed by atoms with Crippen molar-refractivity contribution in [3.63, 3.8) is 0 Å². The fourth-order valence-corrected chi connectivity index (χ4v) is 1.75. The van der Waals surface area contributed by atoms with Gasteiger partial charge in [0.05, 0.1) is 18.9 Å². The zero-order valence-electron chi connectivity index (χ0n) is 10.4. The van der Waals surface area contributed by atoms with Crippen molar-refractivity contribution in [2.45, 2.75) is 6.54 Å². The minimum Gasteiger partial charge on any atom is -0.335 e. The molecule has 0 aromatic carbocycles. The Morgan fingerprint density at radius 2 is 2.26 bits per heavy atom. The van der Waals surface area contributed by atoms with Crippen LogP contribution in [0.1, 0.15) is 0 Å². The van der Waals surface area contributed by atoms with Gasteiger partial charge in [0.15, 0.2) is 0 Å². The summed E-state index contributed by atoms with van der Waals surface area (Å²) in [5.74, 6) is 0.871. The average Bonchev–Trinajstić information content (AvgIpc) is 3.08. The maximum absolute atomic E-state index is 5.48. The Morgan fingerprint density at radius 1 is 1.37 bits per heavy atom. The molecule has 0 fully saturated rings. The zero-order chi connectivity index (χ0) is 13.2. The summed E-state index contributed by atoms with van der Waals surface area (Å²) >= 11 is 0. The van der Waals surface area contributed by atoms with Crippen LogP contribution in [0.3, 0.4) is 0 Å². The van der Waals surface area contributed by atoms with E-state index in [1.54, 1.807) is 18.9 Å². The molecule has 3 aromatic heterocycles. The number of hydrogen-bond acceptors (Lipinski definition) is 6. The molecule has 0 amide bonds. The third-order valence-electron chi connectivity index (χ3n) is 2.71. The van der Waals surface area contributed by atoms with E-state index in [0.29, 0.717) is 30.5 Å². The minimum absolute atomic E-state index is 0.381. The number of aryl methyl sites for hydroxylation is 1. The van der Waals surface area contributed by atoms with E-state index in [0.717, 1.165) is 5.69 Å². The summed E-state index contributed by atoms with van der Waals surface area (Å²) in [5.41, 5.74) is 6.91. The molecule has 0 saturated heterocycles. The Bertz CT molecular complexity index is 681. The van der Waals surface area contributed by atoms with Crippen molar-refractivity contribution in [1.82, 2.24) is 29.2 Å². The van der Waals surface area contributed by atoms with Crippen molar-refractivity contribution >= 4 is 0 Å². The summed E-state index contributed by atoms with van der Waals surface area (Å²) in [7, 11) is 1.87. The predicted octanol–water partition coefficient (Wildman–Crippen LogP) is 0.292. The van der Waals surface area contributed by atoms with Crippen LogP contribution in [0.15, 0.2) is 29.6 Å². The van der Waals surface area contributed by atoms with Crippen molar-refractivity contribution in [1.29, 1.82) is 0 Å². The lowest BCUT2D eigenvalue weighted by Crippen LogP contribution is -2.07. The lowest BCUT2D eigenvalue weighted by Gasteiger charge is -1.94. The molecule has 0 saturated carbocycles. The van der Waals surface area contributed by atoms with Gasteiger partial charge in [-0.2, -0.15) is 4.98 Å². The van der Waals surface area contributed by atoms with Crippen molar-refractivity contribution < 1.29 is 4.52 Å². The third kappa shape index (κ3) is 2.13. The van der Waals surface area contributed by atoms with E-state index in [-0.39, 0.29) is 0 Å². The largest absolute Gasteiger partial charge is 0.335 e. The number of imidazole rings is 2. The van der Waals surface area contributed by atoms with Crippen LogP contribution < -0.4 is 5.73 Å². The second-order valence-corrected chi connectivity index (χ2v) is 4.10. The summed E-state index contributed by atoms with van der Waals surface area (Å²) in [4.78, 5) is 12.5. The highest BCUT2D eigenvalue weighted by atomic mass is 16.5. The lowest BCUT2D eigenvalue weighted by molar-refractivity contribution is 0.430. The molecule has 8 heteroatoms. The maximum Gasteiger partial charge on any atom is 0.278 e. The molecule has 0 spiro atoms. The van der Waals surface area contributed by atoms with Crippen LogP contribution in [-0.2, 0) is 13.6 Å². The summed E-state index contributed by atoms with van der Waals surface area (Å²) < 4.78 is 8.91. The van der Waals surface area contributed by atoms with Gasteiger partial charge >= 0.3 is 0 Å². The highest BCUT2D eigenvalue weighted by Gasteiger charge is 2.14. The SMILES string of the molecule is Cn1cncc1-c1noc(-c2cn(CCN)cn2)n1. The van der Waals surface area contributed by atoms with Gasteiger partial charge < -0.3 is 19.4 Å². The fourth-order valence-electron chi connectivity index (χ4n) is 1.75. The van der Waals surface area contributed by atoms with E-state index in [9.17, 15) is 0 Å². The Morgan fingerprint density at radius 3 is 3.00 bits per heavy atom. The van der Waals surface area contributed by atoms with Gasteiger partial charge in [-0.05, 0) is 0 Å². The van der Waals surface area contributed by atoms with Crippen molar-refractivity contribution in [3.8, 4) is 23.1 Å². The second-order valence-electron chi connectivity index (χ2n) is 4.10. The highest BCUT2D eigenvalue weighted by molar-refractivity contribution is 5.53. The molecule has 0 aliphatic heterocycles. The van der Waals surface area contributed by atoms with E-state index >= 15 is 0 Å². The number of aromatic nitrogens is 6. The van der Waals surface area contributed by atoms with E-state index in [4.69, 9.17) is 10.3 Å². The molecular formula is C11H13N7O. The Hall–Kier alpha value is -2.48. The van der Waals surface area contributed by atoms with Gasteiger partial charge in [0.2, 0.25) is 5.82 Å². The molecule has 0 bridgehead atoms. The summed E-state index contributed by atoms with van der Waals surface area (Å²) in [6, 6.07) is 0. The van der Waals surface area contributed by atoms with Crippen molar-refractivity contribution in [2.75, 3.05) is 6.54 Å². The third-order valence-corrected chi connectivity index (χ3v) is 2.71. The molecule has 2 N–H and O–H groups in total. The van der Waals surface area contributed by atoms with Gasteiger partial charge in [-0.25, -0.2) is 9.97 Å². The fraction of sp³-hybridized carbons (Fsp3) is 0.273. The van der Waals surface area contributed by atoms with Crippen LogP contribution in [-0.4, -0.2) is 35.8 Å². The van der Waals surface area contributed by atoms with Gasteiger partial charge in [-0.3, -0.25) is 0 Å². The molecule has 0 aliphatic rings. The Labute approximate surface area is 108 Å². The molecule has 3 heterocycles. The topological polar surface area (TPSA) is 101 Å². The van der Waals surface area contributed by atoms with Gasteiger partial charge in [0.25, 0.3) is 5.89 Å². The van der Waals surface area contributed by atoms with Gasteiger partial charge in [-0.15, -0.1) is 0 Å². The van der Waals surface area contributed by atoms with Crippen LogP contribution >= 0.6 is 0 Å². The highest BCUT2D eigenvalue weighted by Crippen LogP contribution is 2.19. The summed E-state index contributed by atoms with van der Waals surface area (Å²) in [6.07, 6.45) is 6.88. The summed E-state index contributed by atoms with van der Waals surface area (Å²) in [6.45, 7) is 1.26. The van der Waals surface area contributed by atoms with Crippen LogP contribution in [0, 0.1) is 0 Å². The summed E-state index contributed by atoms with van der Waals surface area (Å²) in [5, 5.41) is 3.93. The first-order chi connectivity index (χ1) is 9.28. The monoisotopic (exact) mass is 259 g/mol. The molecule has 19 heavy (non-hydrogen) atoms. The molecular weight excluding hydrogens is 246 g/mol. The first kappa shape index (κ1) is 11.6. The van der Waals surface area contributed by atoms with Gasteiger partial charge in [0.1, 0.15) is 11.4 Å². The average molecular weight is 259 g/mol. The van der Waals surface area contributed by atoms with E-state index in [1.165, 1.54) is 0 Å². The second kappa shape index (κ2) is 4.65. The standard InChI is InChI=1S/C11H13N7O/c1-17-6-13-4-9(17)10-15-11(19-16-10)8-5-18(3-2-12)7-14-8/h4-7H,2-3,12H2,1H3. The van der Waals surface area contributed by atoms with E-state index < -0.39 is 0 Å². The first-order valence-corrected chi connectivity index (χ1v) is 5.80. The normalized spacial score (nSPS) is 11.1. The number of rotatable bonds is 4. The molecule has 3 aromatic rings. The van der Waals surface area contributed by atoms with Crippen molar-refractivity contribution in [3.05, 3.63) is 25.0 Å². The lowest BCUT2D eigenvalue weighted by atomic mass is 10.4. The predicted molar refractivity (Wildman–Crippen MR) is 66.8 cm³/mol. The molecule has 3 rings (SSSR count). The quantitative estimate of drug-likeness (QED) is 0.722. The zero-order valence-corrected chi connectivity index (χ0v) is 10.4. The molecule has 8 nitrogen and oxygen atoms in total. The molecule has 98 valence electrons. The number of nitrogens with two attached hydrogens (primary N) is 1. The smallest absolute Gasteiger partial charge is 0.278 e. The van der Waals surface area contributed by atoms with E-state index in [1.807, 2.05) is 22.4 Å². The number of nitrogens with zero attached hydrogens (tertiary/aromatic N) is 6.